The zero-order valence-corrected chi connectivity index (χ0v) is 25.3. The number of hydrogen-bond acceptors (Lipinski definition) is 5. The van der Waals surface area contributed by atoms with E-state index in [-0.39, 0.29) is 4.90 Å². The van der Waals surface area contributed by atoms with Crippen molar-refractivity contribution in [2.45, 2.75) is 32.6 Å². The molecule has 0 unspecified atom stereocenters. The lowest BCUT2D eigenvalue weighted by Crippen LogP contribution is -2.04. The van der Waals surface area contributed by atoms with Crippen molar-refractivity contribution in [3.05, 3.63) is 125 Å². The monoisotopic (exact) mass is 592 g/mol. The quantitative estimate of drug-likeness (QED) is 0.160. The van der Waals surface area contributed by atoms with Gasteiger partial charge in [-0.05, 0) is 80.3 Å². The van der Waals surface area contributed by atoms with Crippen molar-refractivity contribution >= 4 is 47.8 Å². The highest BCUT2D eigenvalue weighted by Gasteiger charge is 2.23. The van der Waals surface area contributed by atoms with Crippen LogP contribution in [0.2, 0.25) is 0 Å². The Labute approximate surface area is 249 Å². The van der Waals surface area contributed by atoms with Crippen molar-refractivity contribution in [3.8, 4) is 22.5 Å². The molecule has 7 heteroatoms. The molecule has 0 atom stereocenters. The third kappa shape index (κ3) is 5.20. The minimum atomic E-state index is -4.02. The maximum absolute atomic E-state index is 12.7. The highest BCUT2D eigenvalue weighted by Crippen LogP contribution is 2.43. The van der Waals surface area contributed by atoms with Crippen molar-refractivity contribution < 1.29 is 12.8 Å². The van der Waals surface area contributed by atoms with Gasteiger partial charge in [0.25, 0.3) is 9.05 Å². The van der Waals surface area contributed by atoms with Gasteiger partial charge in [0.2, 0.25) is 0 Å². The fraction of sp³-hybridized carbons (Fsp3) is 0.114. The number of halogens is 1. The summed E-state index contributed by atoms with van der Waals surface area (Å²) in [6.45, 7) is 8.21. The molecule has 4 aromatic carbocycles. The predicted octanol–water partition coefficient (Wildman–Crippen LogP) is 9.34. The summed E-state index contributed by atoms with van der Waals surface area (Å²) in [6.07, 6.45) is 0. The van der Waals surface area contributed by atoms with E-state index in [0.717, 1.165) is 61.2 Å². The zero-order chi connectivity index (χ0) is 29.6. The second kappa shape index (κ2) is 10.8. The molecule has 0 radical (unpaired) electrons. The van der Waals surface area contributed by atoms with Crippen LogP contribution in [0.4, 0.5) is 17.1 Å². The van der Waals surface area contributed by atoms with Crippen LogP contribution in [0.15, 0.2) is 111 Å². The zero-order valence-electron chi connectivity index (χ0n) is 23.7. The van der Waals surface area contributed by atoms with Crippen LogP contribution in [0.25, 0.3) is 33.4 Å². The van der Waals surface area contributed by atoms with Gasteiger partial charge in [0.05, 0.1) is 15.9 Å². The Hall–Kier alpha value is -4.39. The first-order chi connectivity index (χ1) is 20.1. The molecule has 6 rings (SSSR count). The smallest absolute Gasteiger partial charge is 0.261 e. The molecule has 2 aliphatic rings. The first kappa shape index (κ1) is 27.8. The molecule has 0 fully saturated rings. The largest absolute Gasteiger partial charge is 0.456 e. The van der Waals surface area contributed by atoms with Crippen LogP contribution in [-0.4, -0.2) is 8.42 Å². The molecule has 0 aromatic heterocycles. The molecule has 0 amide bonds. The summed E-state index contributed by atoms with van der Waals surface area (Å²) in [5.41, 5.74) is 9.80. The average molecular weight is 593 g/mol. The van der Waals surface area contributed by atoms with Crippen LogP contribution < -0.4 is 10.7 Å². The van der Waals surface area contributed by atoms with Crippen molar-refractivity contribution in [1.82, 2.24) is 0 Å². The lowest BCUT2D eigenvalue weighted by molar-refractivity contribution is 0.609. The first-order valence-corrected chi connectivity index (χ1v) is 15.9. The van der Waals surface area contributed by atoms with E-state index in [1.807, 2.05) is 80.6 Å². The Morgan fingerprint density at radius 2 is 1.38 bits per heavy atom. The topological polar surface area (TPSA) is 71.7 Å². The summed E-state index contributed by atoms with van der Waals surface area (Å²) >= 11 is 0. The molecule has 210 valence electrons. The van der Waals surface area contributed by atoms with Crippen molar-refractivity contribution in [1.29, 1.82) is 0 Å². The molecular weight excluding hydrogens is 564 g/mol. The molecule has 1 aliphatic heterocycles. The molecule has 5 nitrogen and oxygen atoms in total. The van der Waals surface area contributed by atoms with Crippen LogP contribution in [-0.2, 0) is 9.05 Å². The highest BCUT2D eigenvalue weighted by molar-refractivity contribution is 8.13. The Morgan fingerprint density at radius 3 is 2.07 bits per heavy atom. The van der Waals surface area contributed by atoms with Crippen molar-refractivity contribution in [3.63, 3.8) is 0 Å². The van der Waals surface area contributed by atoms with Gasteiger partial charge in [-0.25, -0.2) is 13.4 Å². The van der Waals surface area contributed by atoms with Crippen LogP contribution in [0, 0.1) is 27.7 Å². The Kier molecular flexibility index (Phi) is 7.13. The molecule has 0 bridgehead atoms. The molecule has 0 saturated carbocycles. The first-order valence-electron chi connectivity index (χ1n) is 13.6. The lowest BCUT2D eigenvalue weighted by Gasteiger charge is -2.18. The van der Waals surface area contributed by atoms with Crippen molar-refractivity contribution in [2.75, 3.05) is 5.32 Å². The number of benzene rings is 5. The number of nitrogens with zero attached hydrogens (tertiary/aromatic N) is 1. The van der Waals surface area contributed by atoms with Gasteiger partial charge in [-0.2, -0.15) is 0 Å². The van der Waals surface area contributed by atoms with Crippen molar-refractivity contribution in [2.24, 2.45) is 4.99 Å². The van der Waals surface area contributed by atoms with E-state index < -0.39 is 9.05 Å². The van der Waals surface area contributed by atoms with Crippen LogP contribution >= 0.6 is 10.7 Å². The minimum Gasteiger partial charge on any atom is -0.456 e. The van der Waals surface area contributed by atoms with E-state index >= 15 is 0 Å². The van der Waals surface area contributed by atoms with Gasteiger partial charge < -0.3 is 9.73 Å². The second-order valence-electron chi connectivity index (χ2n) is 10.5. The fourth-order valence-corrected chi connectivity index (χ4v) is 6.55. The fourth-order valence-electron chi connectivity index (χ4n) is 5.47. The van der Waals surface area contributed by atoms with E-state index in [4.69, 9.17) is 20.1 Å². The van der Waals surface area contributed by atoms with Gasteiger partial charge in [0.15, 0.2) is 0 Å². The number of nitrogens with one attached hydrogen (secondary N) is 1. The molecule has 42 heavy (non-hydrogen) atoms. The normalized spacial score (nSPS) is 12.3. The number of anilines is 2. The van der Waals surface area contributed by atoms with Gasteiger partial charge in [-0.1, -0.05) is 54.6 Å². The molecule has 1 heterocycles. The molecule has 1 aliphatic carbocycles. The van der Waals surface area contributed by atoms with Gasteiger partial charge in [-0.15, -0.1) is 0 Å². The number of aryl methyl sites for hydroxylation is 4. The van der Waals surface area contributed by atoms with Gasteiger partial charge in [0.1, 0.15) is 11.3 Å². The number of rotatable bonds is 5. The molecule has 1 N–H and O–H groups in total. The van der Waals surface area contributed by atoms with Gasteiger partial charge in [-0.3, -0.25) is 0 Å². The lowest BCUT2D eigenvalue weighted by atomic mass is 9.93. The maximum Gasteiger partial charge on any atom is 0.261 e. The summed E-state index contributed by atoms with van der Waals surface area (Å²) in [5.74, 6) is 0.580. The summed E-state index contributed by atoms with van der Waals surface area (Å²) in [4.78, 5) is 4.98. The molecule has 0 saturated heterocycles. The average Bonchev–Trinajstić information content (AvgIpc) is 2.95. The van der Waals surface area contributed by atoms with E-state index in [1.54, 1.807) is 12.1 Å². The third-order valence-corrected chi connectivity index (χ3v) is 8.94. The summed E-state index contributed by atoms with van der Waals surface area (Å²) < 4.78 is 31.8. The Balaban J connectivity index is 1.64. The highest BCUT2D eigenvalue weighted by atomic mass is 35.7. The number of fused-ring (bicyclic) bond motifs is 2. The number of para-hydroxylation sites is 2. The third-order valence-electron chi connectivity index (χ3n) is 7.56. The maximum atomic E-state index is 12.7. The van der Waals surface area contributed by atoms with E-state index in [2.05, 4.69) is 31.3 Å². The van der Waals surface area contributed by atoms with E-state index in [0.29, 0.717) is 16.9 Å². The second-order valence-corrected chi connectivity index (χ2v) is 13.1. The molecular formula is C35H29ClN2O3S. The minimum absolute atomic E-state index is 0.0440. The molecule has 0 spiro atoms. The number of hydrogen-bond donors (Lipinski definition) is 1. The van der Waals surface area contributed by atoms with Crippen LogP contribution in [0.3, 0.4) is 0 Å². The standard InChI is InChI=1S/C35H29ClN2O3S/c1-21-9-7-10-22(2)34(21)37-25-15-17-27-30(19-25)41-31-20-26(38-35-23(3)11-8-12-24(35)4)16-18-28(31)33(27)29-13-5-6-14-32(29)42(36,39)40/h5-20,37H,1-4H3/b38-26-. The van der Waals surface area contributed by atoms with Crippen LogP contribution in [0.1, 0.15) is 22.3 Å². The Morgan fingerprint density at radius 1 is 0.714 bits per heavy atom. The summed E-state index contributed by atoms with van der Waals surface area (Å²) in [6, 6.07) is 30.7. The molecule has 4 aromatic rings. The van der Waals surface area contributed by atoms with E-state index in [9.17, 15) is 8.42 Å². The van der Waals surface area contributed by atoms with Gasteiger partial charge in [0, 0.05) is 56.3 Å². The summed E-state index contributed by atoms with van der Waals surface area (Å²) in [7, 11) is 1.91. The SMILES string of the molecule is Cc1cccc(C)c1/N=c1/ccc2c(-c3ccccc3S(=O)(=O)Cl)c3ccc(Nc4c(C)cccc4C)cc3oc-2c1. The summed E-state index contributed by atoms with van der Waals surface area (Å²) in [5, 5.41) is 5.04. The Bertz CT molecular complexity index is 2110. The van der Waals surface area contributed by atoms with Gasteiger partial charge >= 0.3 is 0 Å². The predicted molar refractivity (Wildman–Crippen MR) is 172 cm³/mol. The van der Waals surface area contributed by atoms with E-state index in [1.165, 1.54) is 6.07 Å². The van der Waals surface area contributed by atoms with Crippen LogP contribution in [0.5, 0.6) is 0 Å².